The minimum Gasteiger partial charge on any atom is -0.349 e. The van der Waals surface area contributed by atoms with Crippen LogP contribution in [0, 0.1) is 17.6 Å². The van der Waals surface area contributed by atoms with Gasteiger partial charge in [0.15, 0.2) is 0 Å². The summed E-state index contributed by atoms with van der Waals surface area (Å²) in [6.07, 6.45) is 2.67. The number of nitrogens with one attached hydrogen (secondary N) is 1. The maximum Gasteiger partial charge on any atom is 0.223 e. The van der Waals surface area contributed by atoms with Crippen molar-refractivity contribution in [2.75, 3.05) is 0 Å². The summed E-state index contributed by atoms with van der Waals surface area (Å²) in [4.78, 5) is 12.6. The second-order valence-corrected chi connectivity index (χ2v) is 6.72. The van der Waals surface area contributed by atoms with Crippen LogP contribution in [0.3, 0.4) is 0 Å². The smallest absolute Gasteiger partial charge is 0.223 e. The molecule has 140 valence electrons. The molecule has 0 aliphatic heterocycles. The van der Waals surface area contributed by atoms with Crippen LogP contribution >= 0.6 is 12.4 Å². The summed E-state index contributed by atoms with van der Waals surface area (Å²) in [5, 5.41) is 3.01. The summed E-state index contributed by atoms with van der Waals surface area (Å²) in [5.41, 5.74) is 7.31. The van der Waals surface area contributed by atoms with E-state index in [1.54, 1.807) is 24.3 Å². The Morgan fingerprint density at radius 2 is 1.81 bits per heavy atom. The van der Waals surface area contributed by atoms with Crippen molar-refractivity contribution in [2.24, 2.45) is 11.7 Å². The number of halogens is 3. The molecule has 2 aromatic rings. The zero-order valence-electron chi connectivity index (χ0n) is 14.3. The average molecular weight is 381 g/mol. The van der Waals surface area contributed by atoms with Gasteiger partial charge >= 0.3 is 0 Å². The summed E-state index contributed by atoms with van der Waals surface area (Å²) >= 11 is 0. The molecule has 26 heavy (non-hydrogen) atoms. The molecule has 3 N–H and O–H groups in total. The molecule has 1 saturated carbocycles. The predicted molar refractivity (Wildman–Crippen MR) is 100.0 cm³/mol. The Labute approximate surface area is 158 Å². The number of benzene rings is 2. The van der Waals surface area contributed by atoms with Gasteiger partial charge in [0.25, 0.3) is 0 Å². The van der Waals surface area contributed by atoms with E-state index in [9.17, 15) is 13.6 Å². The average Bonchev–Trinajstić information content (AvgIpc) is 3.01. The molecular weight excluding hydrogens is 358 g/mol. The number of hydrogen-bond donors (Lipinski definition) is 2. The van der Waals surface area contributed by atoms with Crippen LogP contribution in [-0.2, 0) is 11.2 Å². The molecule has 0 spiro atoms. The highest BCUT2D eigenvalue weighted by Crippen LogP contribution is 2.26. The lowest BCUT2D eigenvalue weighted by atomic mass is 9.97. The zero-order chi connectivity index (χ0) is 17.8. The van der Waals surface area contributed by atoms with Gasteiger partial charge in [-0.2, -0.15) is 0 Å². The Balaban J connectivity index is 0.00000243. The van der Waals surface area contributed by atoms with Gasteiger partial charge < -0.3 is 11.1 Å². The van der Waals surface area contributed by atoms with E-state index in [-0.39, 0.29) is 41.9 Å². The number of nitrogens with two attached hydrogens (primary N) is 1. The molecule has 3 atom stereocenters. The van der Waals surface area contributed by atoms with Crippen molar-refractivity contribution in [3.63, 3.8) is 0 Å². The van der Waals surface area contributed by atoms with E-state index in [1.807, 2.05) is 0 Å². The van der Waals surface area contributed by atoms with E-state index in [4.69, 9.17) is 5.73 Å². The molecule has 0 saturated heterocycles. The highest BCUT2D eigenvalue weighted by Gasteiger charge is 2.29. The van der Waals surface area contributed by atoms with Gasteiger partial charge in [0.05, 0.1) is 6.04 Å². The van der Waals surface area contributed by atoms with Gasteiger partial charge in [-0.3, -0.25) is 4.79 Å². The molecule has 1 fully saturated rings. The number of amides is 1. The summed E-state index contributed by atoms with van der Waals surface area (Å²) in [5.74, 6) is -0.875. The van der Waals surface area contributed by atoms with Gasteiger partial charge in [-0.05, 0) is 61.1 Å². The topological polar surface area (TPSA) is 55.1 Å². The second kappa shape index (κ2) is 9.10. The molecule has 0 bridgehead atoms. The zero-order valence-corrected chi connectivity index (χ0v) is 15.1. The van der Waals surface area contributed by atoms with Gasteiger partial charge in [0.2, 0.25) is 5.91 Å². The van der Waals surface area contributed by atoms with E-state index in [0.29, 0.717) is 18.4 Å². The Morgan fingerprint density at radius 1 is 1.12 bits per heavy atom. The van der Waals surface area contributed by atoms with Gasteiger partial charge in [-0.1, -0.05) is 24.3 Å². The highest BCUT2D eigenvalue weighted by atomic mass is 35.5. The SMILES string of the molecule is Cl.NC1CCC(C(=O)NC(Cc2cccc(F)c2)c2cccc(F)c2)C1. The van der Waals surface area contributed by atoms with Crippen LogP contribution in [-0.4, -0.2) is 11.9 Å². The van der Waals surface area contributed by atoms with Gasteiger partial charge in [0.1, 0.15) is 11.6 Å². The summed E-state index contributed by atoms with van der Waals surface area (Å²) in [6, 6.07) is 12.0. The third-order valence-electron chi connectivity index (χ3n) is 4.74. The van der Waals surface area contributed by atoms with Crippen LogP contribution in [0.4, 0.5) is 8.78 Å². The lowest BCUT2D eigenvalue weighted by Crippen LogP contribution is -2.34. The third kappa shape index (κ3) is 5.26. The molecule has 2 aromatic carbocycles. The number of carbonyl (C=O) groups is 1. The molecule has 0 radical (unpaired) electrons. The quantitative estimate of drug-likeness (QED) is 0.826. The highest BCUT2D eigenvalue weighted by molar-refractivity contribution is 5.85. The normalized spacial score (nSPS) is 20.3. The first-order valence-corrected chi connectivity index (χ1v) is 8.57. The van der Waals surface area contributed by atoms with Crippen LogP contribution in [0.2, 0.25) is 0 Å². The van der Waals surface area contributed by atoms with Crippen molar-refractivity contribution in [1.82, 2.24) is 5.32 Å². The lowest BCUT2D eigenvalue weighted by molar-refractivity contribution is -0.125. The molecule has 0 aromatic heterocycles. The van der Waals surface area contributed by atoms with Crippen molar-refractivity contribution in [3.05, 3.63) is 71.3 Å². The summed E-state index contributed by atoms with van der Waals surface area (Å²) in [6.45, 7) is 0. The largest absolute Gasteiger partial charge is 0.349 e. The third-order valence-corrected chi connectivity index (χ3v) is 4.74. The van der Waals surface area contributed by atoms with Crippen LogP contribution in [0.5, 0.6) is 0 Å². The maximum atomic E-state index is 13.6. The molecular formula is C20H23ClF2N2O. The monoisotopic (exact) mass is 380 g/mol. The van der Waals surface area contributed by atoms with Crippen LogP contribution < -0.4 is 11.1 Å². The van der Waals surface area contributed by atoms with E-state index in [2.05, 4.69) is 5.32 Å². The van der Waals surface area contributed by atoms with Gasteiger partial charge in [0, 0.05) is 12.0 Å². The van der Waals surface area contributed by atoms with Crippen molar-refractivity contribution >= 4 is 18.3 Å². The fourth-order valence-electron chi connectivity index (χ4n) is 3.42. The van der Waals surface area contributed by atoms with Crippen LogP contribution in [0.15, 0.2) is 48.5 Å². The van der Waals surface area contributed by atoms with Gasteiger partial charge in [-0.25, -0.2) is 8.78 Å². The van der Waals surface area contributed by atoms with Crippen molar-refractivity contribution < 1.29 is 13.6 Å². The number of carbonyl (C=O) groups excluding carboxylic acids is 1. The van der Waals surface area contributed by atoms with E-state index in [1.165, 1.54) is 24.3 Å². The van der Waals surface area contributed by atoms with Gasteiger partial charge in [-0.15, -0.1) is 12.4 Å². The molecule has 0 heterocycles. The van der Waals surface area contributed by atoms with Crippen molar-refractivity contribution in [3.8, 4) is 0 Å². The Hall–Kier alpha value is -1.98. The number of hydrogen-bond acceptors (Lipinski definition) is 2. The fraction of sp³-hybridized carbons (Fsp3) is 0.350. The van der Waals surface area contributed by atoms with E-state index in [0.717, 1.165) is 18.4 Å². The standard InChI is InChI=1S/C20H22F2N2O.ClH/c21-16-5-1-3-13(9-16)10-19(14-4-2-6-17(22)11-14)24-20(25)15-7-8-18(23)12-15;/h1-6,9,11,15,18-19H,7-8,10,12,23H2,(H,24,25);1H. The maximum absolute atomic E-state index is 13.6. The molecule has 6 heteroatoms. The first-order chi connectivity index (χ1) is 12.0. The molecule has 1 aliphatic carbocycles. The first kappa shape index (κ1) is 20.3. The Bertz CT molecular complexity index is 756. The Kier molecular flexibility index (Phi) is 7.12. The van der Waals surface area contributed by atoms with Crippen molar-refractivity contribution in [1.29, 1.82) is 0 Å². The minimum absolute atomic E-state index is 0. The minimum atomic E-state index is -0.415. The summed E-state index contributed by atoms with van der Waals surface area (Å²) < 4.78 is 27.1. The Morgan fingerprint density at radius 3 is 2.42 bits per heavy atom. The lowest BCUT2D eigenvalue weighted by Gasteiger charge is -2.22. The fourth-order valence-corrected chi connectivity index (χ4v) is 3.42. The molecule has 3 unspecified atom stereocenters. The van der Waals surface area contributed by atoms with Crippen LogP contribution in [0.25, 0.3) is 0 Å². The molecule has 3 nitrogen and oxygen atoms in total. The number of rotatable bonds is 5. The van der Waals surface area contributed by atoms with E-state index >= 15 is 0 Å². The molecule has 3 rings (SSSR count). The second-order valence-electron chi connectivity index (χ2n) is 6.72. The molecule has 1 amide bonds. The summed E-state index contributed by atoms with van der Waals surface area (Å²) in [7, 11) is 0. The van der Waals surface area contributed by atoms with E-state index < -0.39 is 6.04 Å². The van der Waals surface area contributed by atoms with Crippen LogP contribution in [0.1, 0.15) is 36.4 Å². The predicted octanol–water partition coefficient (Wildman–Crippen LogP) is 3.91. The first-order valence-electron chi connectivity index (χ1n) is 8.57. The van der Waals surface area contributed by atoms with Crippen molar-refractivity contribution in [2.45, 2.75) is 37.8 Å². The molecule has 1 aliphatic rings.